The highest BCUT2D eigenvalue weighted by Gasteiger charge is 2.02. The molecular weight excluding hydrogens is 194 g/mol. The van der Waals surface area contributed by atoms with Crippen molar-refractivity contribution < 1.29 is 14.3 Å². The standard InChI is InChI=1S/C11H23NO3/c1-9(2)8-14-7-5-6-12-11(13)15-10(3)4/h9-10H,5-8H2,1-4H3,(H,12,13). The molecule has 0 spiro atoms. The Morgan fingerprint density at radius 1 is 1.27 bits per heavy atom. The number of amides is 1. The topological polar surface area (TPSA) is 47.6 Å². The molecular formula is C11H23NO3. The maximum absolute atomic E-state index is 11.0. The summed E-state index contributed by atoms with van der Waals surface area (Å²) in [5.74, 6) is 0.559. The average Bonchev–Trinajstić information content (AvgIpc) is 2.09. The van der Waals surface area contributed by atoms with Crippen LogP contribution in [-0.4, -0.2) is 32.0 Å². The van der Waals surface area contributed by atoms with Crippen molar-refractivity contribution in [2.45, 2.75) is 40.2 Å². The molecule has 0 aliphatic heterocycles. The van der Waals surface area contributed by atoms with Crippen molar-refractivity contribution in [3.63, 3.8) is 0 Å². The van der Waals surface area contributed by atoms with Crippen LogP contribution >= 0.6 is 0 Å². The van der Waals surface area contributed by atoms with E-state index < -0.39 is 0 Å². The summed E-state index contributed by atoms with van der Waals surface area (Å²) < 4.78 is 10.3. The molecule has 0 atom stereocenters. The van der Waals surface area contributed by atoms with Gasteiger partial charge in [-0.2, -0.15) is 0 Å². The molecule has 0 saturated carbocycles. The summed E-state index contributed by atoms with van der Waals surface area (Å²) >= 11 is 0. The molecule has 0 rings (SSSR count). The largest absolute Gasteiger partial charge is 0.447 e. The number of alkyl carbamates (subject to hydrolysis) is 1. The minimum Gasteiger partial charge on any atom is -0.447 e. The first-order valence-corrected chi connectivity index (χ1v) is 5.54. The molecule has 0 radical (unpaired) electrons. The zero-order valence-corrected chi connectivity index (χ0v) is 10.2. The highest BCUT2D eigenvalue weighted by molar-refractivity contribution is 5.67. The first-order chi connectivity index (χ1) is 7.02. The summed E-state index contributed by atoms with van der Waals surface area (Å²) in [5.41, 5.74) is 0. The Labute approximate surface area is 92.3 Å². The van der Waals surface area contributed by atoms with E-state index in [-0.39, 0.29) is 12.2 Å². The lowest BCUT2D eigenvalue weighted by molar-refractivity contribution is 0.102. The maximum Gasteiger partial charge on any atom is 0.407 e. The molecule has 15 heavy (non-hydrogen) atoms. The fourth-order valence-corrected chi connectivity index (χ4v) is 0.939. The predicted molar refractivity (Wildman–Crippen MR) is 59.9 cm³/mol. The van der Waals surface area contributed by atoms with Gasteiger partial charge in [-0.25, -0.2) is 4.79 Å². The van der Waals surface area contributed by atoms with E-state index in [1.165, 1.54) is 0 Å². The van der Waals surface area contributed by atoms with Crippen LogP contribution in [0.15, 0.2) is 0 Å². The van der Waals surface area contributed by atoms with Gasteiger partial charge in [0.05, 0.1) is 6.10 Å². The van der Waals surface area contributed by atoms with Gasteiger partial charge in [0, 0.05) is 19.8 Å². The number of rotatable bonds is 7. The molecule has 4 heteroatoms. The third kappa shape index (κ3) is 11.2. The van der Waals surface area contributed by atoms with Crippen molar-refractivity contribution >= 4 is 6.09 Å². The molecule has 0 heterocycles. The van der Waals surface area contributed by atoms with Crippen LogP contribution in [0.5, 0.6) is 0 Å². The van der Waals surface area contributed by atoms with Gasteiger partial charge < -0.3 is 14.8 Å². The lowest BCUT2D eigenvalue weighted by Gasteiger charge is -2.10. The Hall–Kier alpha value is -0.770. The van der Waals surface area contributed by atoms with E-state index in [4.69, 9.17) is 9.47 Å². The van der Waals surface area contributed by atoms with E-state index in [9.17, 15) is 4.79 Å². The summed E-state index contributed by atoms with van der Waals surface area (Å²) in [5, 5.41) is 2.66. The van der Waals surface area contributed by atoms with Crippen LogP contribution in [0, 0.1) is 5.92 Å². The molecule has 1 amide bonds. The van der Waals surface area contributed by atoms with Crippen molar-refractivity contribution in [1.82, 2.24) is 5.32 Å². The monoisotopic (exact) mass is 217 g/mol. The van der Waals surface area contributed by atoms with Gasteiger partial charge in [0.15, 0.2) is 0 Å². The fourth-order valence-electron chi connectivity index (χ4n) is 0.939. The zero-order valence-electron chi connectivity index (χ0n) is 10.2. The van der Waals surface area contributed by atoms with Crippen LogP contribution < -0.4 is 5.32 Å². The van der Waals surface area contributed by atoms with Gasteiger partial charge in [0.25, 0.3) is 0 Å². The van der Waals surface area contributed by atoms with E-state index in [0.717, 1.165) is 13.0 Å². The molecule has 0 fully saturated rings. The molecule has 0 aromatic heterocycles. The van der Waals surface area contributed by atoms with E-state index in [2.05, 4.69) is 19.2 Å². The van der Waals surface area contributed by atoms with Gasteiger partial charge in [-0.05, 0) is 26.2 Å². The SMILES string of the molecule is CC(C)COCCCNC(=O)OC(C)C. The molecule has 90 valence electrons. The van der Waals surface area contributed by atoms with E-state index in [0.29, 0.717) is 19.1 Å². The van der Waals surface area contributed by atoms with Crippen molar-refractivity contribution in [1.29, 1.82) is 0 Å². The Bertz CT molecular complexity index is 169. The van der Waals surface area contributed by atoms with Crippen molar-refractivity contribution in [3.8, 4) is 0 Å². The molecule has 0 bridgehead atoms. The Morgan fingerprint density at radius 3 is 2.47 bits per heavy atom. The van der Waals surface area contributed by atoms with E-state index >= 15 is 0 Å². The zero-order chi connectivity index (χ0) is 11.7. The van der Waals surface area contributed by atoms with Gasteiger partial charge in [0.1, 0.15) is 0 Å². The first kappa shape index (κ1) is 14.2. The van der Waals surface area contributed by atoms with Gasteiger partial charge >= 0.3 is 6.09 Å². The Balaban J connectivity index is 3.20. The predicted octanol–water partition coefficient (Wildman–Crippen LogP) is 2.18. The molecule has 0 aromatic carbocycles. The number of nitrogens with one attached hydrogen (secondary N) is 1. The van der Waals surface area contributed by atoms with E-state index in [1.54, 1.807) is 0 Å². The highest BCUT2D eigenvalue weighted by Crippen LogP contribution is 1.93. The normalized spacial score (nSPS) is 10.8. The number of ether oxygens (including phenoxy) is 2. The number of carbonyl (C=O) groups is 1. The molecule has 0 aliphatic rings. The van der Waals surface area contributed by atoms with Crippen LogP contribution in [0.1, 0.15) is 34.1 Å². The minimum atomic E-state index is -0.353. The summed E-state index contributed by atoms with van der Waals surface area (Å²) in [6.45, 7) is 9.92. The molecule has 0 unspecified atom stereocenters. The Kier molecular flexibility index (Phi) is 8.09. The minimum absolute atomic E-state index is 0.0674. The summed E-state index contributed by atoms with van der Waals surface area (Å²) in [7, 11) is 0. The Morgan fingerprint density at radius 2 is 1.93 bits per heavy atom. The van der Waals surface area contributed by atoms with Crippen LogP contribution in [0.3, 0.4) is 0 Å². The third-order valence-electron chi connectivity index (χ3n) is 1.53. The van der Waals surface area contributed by atoms with Gasteiger partial charge in [-0.3, -0.25) is 0 Å². The lowest BCUT2D eigenvalue weighted by atomic mass is 10.2. The summed E-state index contributed by atoms with van der Waals surface area (Å²) in [6, 6.07) is 0. The van der Waals surface area contributed by atoms with Crippen LogP contribution in [0.4, 0.5) is 4.79 Å². The molecule has 1 N–H and O–H groups in total. The molecule has 0 aliphatic carbocycles. The van der Waals surface area contributed by atoms with Crippen molar-refractivity contribution in [3.05, 3.63) is 0 Å². The smallest absolute Gasteiger partial charge is 0.407 e. The maximum atomic E-state index is 11.0. The number of carbonyl (C=O) groups excluding carboxylic acids is 1. The fraction of sp³-hybridized carbons (Fsp3) is 0.909. The molecule has 0 saturated heterocycles. The summed E-state index contributed by atoms with van der Waals surface area (Å²) in [4.78, 5) is 11.0. The van der Waals surface area contributed by atoms with Crippen LogP contribution in [0.25, 0.3) is 0 Å². The van der Waals surface area contributed by atoms with Crippen molar-refractivity contribution in [2.75, 3.05) is 19.8 Å². The van der Waals surface area contributed by atoms with E-state index in [1.807, 2.05) is 13.8 Å². The second-order valence-electron chi connectivity index (χ2n) is 4.20. The number of hydrogen-bond acceptors (Lipinski definition) is 3. The quantitative estimate of drug-likeness (QED) is 0.665. The van der Waals surface area contributed by atoms with Crippen LogP contribution in [0.2, 0.25) is 0 Å². The van der Waals surface area contributed by atoms with Gasteiger partial charge in [-0.15, -0.1) is 0 Å². The second kappa shape index (κ2) is 8.53. The van der Waals surface area contributed by atoms with Crippen LogP contribution in [-0.2, 0) is 9.47 Å². The van der Waals surface area contributed by atoms with Gasteiger partial charge in [0.2, 0.25) is 0 Å². The molecule has 0 aromatic rings. The second-order valence-corrected chi connectivity index (χ2v) is 4.20. The summed E-state index contributed by atoms with van der Waals surface area (Å²) in [6.07, 6.45) is 0.399. The molecule has 4 nitrogen and oxygen atoms in total. The highest BCUT2D eigenvalue weighted by atomic mass is 16.6. The van der Waals surface area contributed by atoms with Crippen molar-refractivity contribution in [2.24, 2.45) is 5.92 Å². The van der Waals surface area contributed by atoms with Gasteiger partial charge in [-0.1, -0.05) is 13.8 Å². The average molecular weight is 217 g/mol. The third-order valence-corrected chi connectivity index (χ3v) is 1.53. The number of hydrogen-bond donors (Lipinski definition) is 1. The first-order valence-electron chi connectivity index (χ1n) is 5.54. The lowest BCUT2D eigenvalue weighted by Crippen LogP contribution is -2.28.